The van der Waals surface area contributed by atoms with Crippen molar-refractivity contribution in [3.8, 4) is 45.6 Å². The van der Waals surface area contributed by atoms with Gasteiger partial charge in [-0.25, -0.2) is 9.59 Å². The Morgan fingerprint density at radius 3 is 1.33 bits per heavy atom. The molecule has 2 N–H and O–H groups in total. The summed E-state index contributed by atoms with van der Waals surface area (Å²) in [4.78, 5) is 24.6. The Bertz CT molecular complexity index is 1010. The van der Waals surface area contributed by atoms with E-state index >= 15 is 0 Å². The minimum absolute atomic E-state index is 0.0122. The van der Waals surface area contributed by atoms with Crippen LogP contribution in [0, 0.1) is 13.8 Å². The normalized spacial score (nSPS) is 13.3. The molecular weight excluding hydrogens is 400 g/mol. The molecule has 30 heavy (non-hydrogen) atoms. The molecule has 0 saturated carbocycles. The third-order valence-electron chi connectivity index (χ3n) is 5.11. The molecule has 4 rings (SSSR count). The van der Waals surface area contributed by atoms with Gasteiger partial charge in [-0.2, -0.15) is 0 Å². The van der Waals surface area contributed by atoms with Crippen molar-refractivity contribution in [2.45, 2.75) is 13.8 Å². The van der Waals surface area contributed by atoms with Crippen molar-refractivity contribution >= 4 is 11.9 Å². The van der Waals surface area contributed by atoms with Gasteiger partial charge in [0, 0.05) is 22.3 Å². The molecule has 0 amide bonds. The minimum Gasteiger partial charge on any atom is -0.492 e. The number of carboxylic acid groups (broad SMARTS) is 2. The minimum atomic E-state index is -1.29. The van der Waals surface area contributed by atoms with Gasteiger partial charge in [-0.3, -0.25) is 0 Å². The van der Waals surface area contributed by atoms with Gasteiger partial charge in [0.2, 0.25) is 25.1 Å². The second-order valence-electron chi connectivity index (χ2n) is 6.56. The highest BCUT2D eigenvalue weighted by molar-refractivity contribution is 6.09. The van der Waals surface area contributed by atoms with E-state index in [2.05, 4.69) is 0 Å². The molecule has 0 aliphatic carbocycles. The van der Waals surface area contributed by atoms with E-state index < -0.39 is 11.9 Å². The number of methoxy groups -OCH3 is 2. The van der Waals surface area contributed by atoms with E-state index in [1.54, 1.807) is 13.8 Å². The van der Waals surface area contributed by atoms with Crippen LogP contribution >= 0.6 is 0 Å². The van der Waals surface area contributed by atoms with Crippen LogP contribution in [0.1, 0.15) is 31.8 Å². The van der Waals surface area contributed by atoms with E-state index in [0.29, 0.717) is 0 Å². The Hall–Kier alpha value is -3.82. The van der Waals surface area contributed by atoms with Crippen LogP contribution < -0.4 is 28.4 Å². The van der Waals surface area contributed by atoms with Crippen LogP contribution in [0.15, 0.2) is 0 Å². The molecular formula is C20H18O10. The Morgan fingerprint density at radius 2 is 1.03 bits per heavy atom. The van der Waals surface area contributed by atoms with E-state index in [1.165, 1.54) is 14.2 Å². The zero-order valence-corrected chi connectivity index (χ0v) is 16.6. The van der Waals surface area contributed by atoms with E-state index in [-0.39, 0.29) is 81.5 Å². The largest absolute Gasteiger partial charge is 0.492 e. The van der Waals surface area contributed by atoms with E-state index in [1.807, 2.05) is 0 Å². The molecule has 0 aromatic heterocycles. The first-order chi connectivity index (χ1) is 14.3. The summed E-state index contributed by atoms with van der Waals surface area (Å²) in [5, 5.41) is 20.0. The van der Waals surface area contributed by atoms with Crippen LogP contribution in [-0.2, 0) is 0 Å². The van der Waals surface area contributed by atoms with Crippen LogP contribution in [0.5, 0.6) is 34.5 Å². The van der Waals surface area contributed by atoms with Gasteiger partial charge >= 0.3 is 11.9 Å². The fourth-order valence-corrected chi connectivity index (χ4v) is 3.94. The molecule has 0 unspecified atom stereocenters. The van der Waals surface area contributed by atoms with E-state index in [0.717, 1.165) is 0 Å². The predicted molar refractivity (Wildman–Crippen MR) is 101 cm³/mol. The highest BCUT2D eigenvalue weighted by Gasteiger charge is 2.39. The first kappa shape index (κ1) is 19.5. The van der Waals surface area contributed by atoms with Gasteiger partial charge < -0.3 is 38.6 Å². The number of carbonyl (C=O) groups is 2. The summed E-state index contributed by atoms with van der Waals surface area (Å²) in [6, 6.07) is 0. The molecule has 10 heteroatoms. The SMILES string of the molecule is COc1c(C)c(C(=O)O)c(-c2c3c(c(OC)c(C)c2C(=O)O)OCO3)c2c1OCO2. The summed E-state index contributed by atoms with van der Waals surface area (Å²) in [7, 11) is 2.76. The fraction of sp³-hybridized carbons (Fsp3) is 0.300. The highest BCUT2D eigenvalue weighted by Crippen LogP contribution is 2.58. The Kier molecular flexibility index (Phi) is 4.49. The standard InChI is InChI=1S/C20H18O10/c1-7-9(19(21)22)11(15-17(13(7)25-3)29-5-27-15)12-10(20(23)24)8(2)14(26-4)18-16(12)28-6-30-18/h5-6H2,1-4H3,(H,21,22)(H,23,24). The molecule has 0 saturated heterocycles. The predicted octanol–water partition coefficient (Wildman–Crippen LogP) is 2.84. The molecule has 2 aromatic carbocycles. The maximum absolute atomic E-state index is 12.3. The molecule has 158 valence electrons. The monoisotopic (exact) mass is 418 g/mol. The lowest BCUT2D eigenvalue weighted by atomic mass is 9.87. The number of fused-ring (bicyclic) bond motifs is 2. The second-order valence-corrected chi connectivity index (χ2v) is 6.56. The highest BCUT2D eigenvalue weighted by atomic mass is 16.7. The van der Waals surface area contributed by atoms with Gasteiger partial charge in [0.15, 0.2) is 23.0 Å². The zero-order valence-electron chi connectivity index (χ0n) is 16.6. The smallest absolute Gasteiger partial charge is 0.336 e. The van der Waals surface area contributed by atoms with Crippen molar-refractivity contribution in [1.82, 2.24) is 0 Å². The Morgan fingerprint density at radius 1 is 0.700 bits per heavy atom. The number of carboxylic acids is 2. The molecule has 10 nitrogen and oxygen atoms in total. The first-order valence-corrected chi connectivity index (χ1v) is 8.80. The maximum atomic E-state index is 12.3. The van der Waals surface area contributed by atoms with Gasteiger partial charge in [-0.15, -0.1) is 0 Å². The number of rotatable bonds is 5. The Labute approximate surface area is 170 Å². The van der Waals surface area contributed by atoms with Crippen molar-refractivity contribution in [2.75, 3.05) is 27.8 Å². The third kappa shape index (κ3) is 2.49. The number of hydrogen-bond donors (Lipinski definition) is 2. The average Bonchev–Trinajstić information content (AvgIpc) is 3.35. The molecule has 2 heterocycles. The van der Waals surface area contributed by atoms with Crippen LogP contribution in [0.25, 0.3) is 11.1 Å². The summed E-state index contributed by atoms with van der Waals surface area (Å²) in [6.45, 7) is 2.72. The Balaban J connectivity index is 2.23. The quantitative estimate of drug-likeness (QED) is 0.747. The lowest BCUT2D eigenvalue weighted by Gasteiger charge is -2.21. The van der Waals surface area contributed by atoms with Crippen LogP contribution in [-0.4, -0.2) is 50.0 Å². The maximum Gasteiger partial charge on any atom is 0.336 e. The van der Waals surface area contributed by atoms with Crippen molar-refractivity contribution in [3.05, 3.63) is 22.3 Å². The molecule has 0 fully saturated rings. The van der Waals surface area contributed by atoms with Crippen molar-refractivity contribution in [3.63, 3.8) is 0 Å². The number of benzene rings is 2. The zero-order chi connectivity index (χ0) is 21.7. The molecule has 2 aliphatic heterocycles. The number of aromatic carboxylic acids is 2. The van der Waals surface area contributed by atoms with Gasteiger partial charge in [0.1, 0.15) is 0 Å². The molecule has 2 aromatic rings. The topological polar surface area (TPSA) is 130 Å². The van der Waals surface area contributed by atoms with Crippen molar-refractivity contribution in [2.24, 2.45) is 0 Å². The lowest BCUT2D eigenvalue weighted by molar-refractivity contribution is 0.0682. The summed E-state index contributed by atoms with van der Waals surface area (Å²) in [6.07, 6.45) is 0. The van der Waals surface area contributed by atoms with Crippen molar-refractivity contribution < 1.29 is 48.2 Å². The van der Waals surface area contributed by atoms with Gasteiger partial charge in [-0.05, 0) is 13.8 Å². The summed E-state index contributed by atoms with van der Waals surface area (Å²) in [5.74, 6) is -1.72. The van der Waals surface area contributed by atoms with Gasteiger partial charge in [0.05, 0.1) is 25.3 Å². The lowest BCUT2D eigenvalue weighted by Crippen LogP contribution is -2.11. The van der Waals surface area contributed by atoms with E-state index in [9.17, 15) is 19.8 Å². The summed E-state index contributed by atoms with van der Waals surface area (Å²) in [5.41, 5.74) is 0.140. The molecule has 2 aliphatic rings. The molecule has 0 atom stereocenters. The van der Waals surface area contributed by atoms with E-state index in [4.69, 9.17) is 28.4 Å². The molecule has 0 bridgehead atoms. The van der Waals surface area contributed by atoms with Crippen LogP contribution in [0.2, 0.25) is 0 Å². The molecule has 0 radical (unpaired) electrons. The van der Waals surface area contributed by atoms with Gasteiger partial charge in [0.25, 0.3) is 0 Å². The number of hydrogen-bond acceptors (Lipinski definition) is 8. The average molecular weight is 418 g/mol. The number of ether oxygens (including phenoxy) is 6. The fourth-order valence-electron chi connectivity index (χ4n) is 3.94. The molecule has 0 spiro atoms. The second kappa shape index (κ2) is 6.90. The van der Waals surface area contributed by atoms with Crippen LogP contribution in [0.3, 0.4) is 0 Å². The first-order valence-electron chi connectivity index (χ1n) is 8.80. The van der Waals surface area contributed by atoms with Crippen LogP contribution in [0.4, 0.5) is 0 Å². The van der Waals surface area contributed by atoms with Gasteiger partial charge in [-0.1, -0.05) is 0 Å². The summed E-state index contributed by atoms with van der Waals surface area (Å²) < 4.78 is 32.9. The summed E-state index contributed by atoms with van der Waals surface area (Å²) >= 11 is 0. The van der Waals surface area contributed by atoms with Crippen molar-refractivity contribution in [1.29, 1.82) is 0 Å². The third-order valence-corrected chi connectivity index (χ3v) is 5.11.